The molecule has 30 heavy (non-hydrogen) atoms. The topological polar surface area (TPSA) is 126 Å². The van der Waals surface area contributed by atoms with Gasteiger partial charge in [-0.3, -0.25) is 24.7 Å². The van der Waals surface area contributed by atoms with Gasteiger partial charge in [0, 0.05) is 48.4 Å². The lowest BCUT2D eigenvalue weighted by Crippen LogP contribution is -2.17. The van der Waals surface area contributed by atoms with E-state index in [0.29, 0.717) is 22.6 Å². The molecule has 152 valence electrons. The highest BCUT2D eigenvalue weighted by molar-refractivity contribution is 6.05. The third-order valence-electron chi connectivity index (χ3n) is 4.11. The van der Waals surface area contributed by atoms with E-state index in [-0.39, 0.29) is 30.5 Å². The monoisotopic (exact) mass is 405 g/mol. The van der Waals surface area contributed by atoms with Crippen LogP contribution in [0.4, 0.5) is 22.7 Å². The van der Waals surface area contributed by atoms with E-state index in [1.807, 2.05) is 0 Å². The molecule has 0 aliphatic carbocycles. The number of nitro benzene ring substituents is 1. The number of nitrogens with zero attached hydrogens (tertiary/aromatic N) is 2. The van der Waals surface area contributed by atoms with Gasteiger partial charge in [-0.15, -0.1) is 0 Å². The Balaban J connectivity index is 1.54. The van der Waals surface area contributed by atoms with Crippen LogP contribution in [0.3, 0.4) is 0 Å². The standard InChI is InChI=1S/C21H19N5O4/c27-20(10-13-23-18-6-1-2-7-19(18)26(29)30)24-17-5-3-4-15(14-17)21(28)25-16-8-11-22-12-9-16/h1-9,11-12,14,23H,10,13H2,(H,24,27)(H,22,25,28). The molecule has 2 aromatic carbocycles. The van der Waals surface area contributed by atoms with Crippen molar-refractivity contribution in [2.24, 2.45) is 0 Å². The highest BCUT2D eigenvalue weighted by atomic mass is 16.6. The lowest BCUT2D eigenvalue weighted by atomic mass is 10.2. The van der Waals surface area contributed by atoms with Gasteiger partial charge < -0.3 is 16.0 Å². The molecule has 0 spiro atoms. The highest BCUT2D eigenvalue weighted by Crippen LogP contribution is 2.23. The van der Waals surface area contributed by atoms with E-state index in [1.165, 1.54) is 6.07 Å². The average molecular weight is 405 g/mol. The SMILES string of the molecule is O=C(CCNc1ccccc1[N+](=O)[O-])Nc1cccc(C(=O)Nc2ccncc2)c1. The van der Waals surface area contributed by atoms with Gasteiger partial charge in [-0.2, -0.15) is 0 Å². The van der Waals surface area contributed by atoms with Crippen molar-refractivity contribution in [3.8, 4) is 0 Å². The van der Waals surface area contributed by atoms with Gasteiger partial charge in [0.2, 0.25) is 5.91 Å². The summed E-state index contributed by atoms with van der Waals surface area (Å²) in [5.74, 6) is -0.594. The van der Waals surface area contributed by atoms with Crippen molar-refractivity contribution in [1.29, 1.82) is 0 Å². The van der Waals surface area contributed by atoms with E-state index in [0.717, 1.165) is 0 Å². The number of carbonyl (C=O) groups excluding carboxylic acids is 2. The first-order valence-corrected chi connectivity index (χ1v) is 9.11. The average Bonchev–Trinajstić information content (AvgIpc) is 2.75. The second-order valence-corrected chi connectivity index (χ2v) is 6.27. The summed E-state index contributed by atoms with van der Waals surface area (Å²) in [4.78, 5) is 39.0. The van der Waals surface area contributed by atoms with Gasteiger partial charge in [0.15, 0.2) is 0 Å². The van der Waals surface area contributed by atoms with Crippen LogP contribution in [-0.2, 0) is 4.79 Å². The van der Waals surface area contributed by atoms with Gasteiger partial charge in [0.05, 0.1) is 4.92 Å². The van der Waals surface area contributed by atoms with Crippen LogP contribution in [0.1, 0.15) is 16.8 Å². The maximum absolute atomic E-state index is 12.4. The third kappa shape index (κ3) is 5.61. The maximum Gasteiger partial charge on any atom is 0.292 e. The molecule has 1 aromatic heterocycles. The lowest BCUT2D eigenvalue weighted by Gasteiger charge is -2.09. The number of nitro groups is 1. The van der Waals surface area contributed by atoms with Crippen molar-refractivity contribution in [1.82, 2.24) is 4.98 Å². The van der Waals surface area contributed by atoms with E-state index >= 15 is 0 Å². The minimum Gasteiger partial charge on any atom is -0.379 e. The van der Waals surface area contributed by atoms with Gasteiger partial charge >= 0.3 is 0 Å². The Morgan fingerprint density at radius 1 is 0.933 bits per heavy atom. The predicted octanol–water partition coefficient (Wildman–Crippen LogP) is 3.68. The Bertz CT molecular complexity index is 1060. The third-order valence-corrected chi connectivity index (χ3v) is 4.11. The van der Waals surface area contributed by atoms with Crippen molar-refractivity contribution in [3.63, 3.8) is 0 Å². The van der Waals surface area contributed by atoms with Crippen LogP contribution in [0.2, 0.25) is 0 Å². The van der Waals surface area contributed by atoms with Crippen LogP contribution in [-0.4, -0.2) is 28.3 Å². The first-order valence-electron chi connectivity index (χ1n) is 9.11. The molecule has 0 aliphatic rings. The lowest BCUT2D eigenvalue weighted by molar-refractivity contribution is -0.384. The molecule has 3 N–H and O–H groups in total. The number of carbonyl (C=O) groups is 2. The van der Waals surface area contributed by atoms with E-state index in [9.17, 15) is 19.7 Å². The van der Waals surface area contributed by atoms with Gasteiger partial charge in [-0.1, -0.05) is 18.2 Å². The van der Waals surface area contributed by atoms with Crippen LogP contribution in [0.25, 0.3) is 0 Å². The molecule has 0 radical (unpaired) electrons. The molecule has 3 rings (SSSR count). The van der Waals surface area contributed by atoms with Crippen molar-refractivity contribution in [2.45, 2.75) is 6.42 Å². The molecular formula is C21H19N5O4. The van der Waals surface area contributed by atoms with Gasteiger partial charge in [-0.25, -0.2) is 0 Å². The molecule has 0 atom stereocenters. The maximum atomic E-state index is 12.4. The fraction of sp³-hybridized carbons (Fsp3) is 0.0952. The first-order chi connectivity index (χ1) is 14.5. The quantitative estimate of drug-likeness (QED) is 0.388. The molecule has 0 fully saturated rings. The fourth-order valence-corrected chi connectivity index (χ4v) is 2.69. The minimum absolute atomic E-state index is 0.0502. The van der Waals surface area contributed by atoms with E-state index in [4.69, 9.17) is 0 Å². The summed E-state index contributed by atoms with van der Waals surface area (Å²) in [6, 6.07) is 16.1. The zero-order valence-corrected chi connectivity index (χ0v) is 15.9. The number of hydrogen-bond donors (Lipinski definition) is 3. The van der Waals surface area contributed by atoms with Gasteiger partial charge in [-0.05, 0) is 36.4 Å². The number of para-hydroxylation sites is 2. The van der Waals surface area contributed by atoms with E-state index in [2.05, 4.69) is 20.9 Å². The Kier molecular flexibility index (Phi) is 6.67. The van der Waals surface area contributed by atoms with Crippen LogP contribution in [0, 0.1) is 10.1 Å². The van der Waals surface area contributed by atoms with Gasteiger partial charge in [0.1, 0.15) is 5.69 Å². The zero-order chi connectivity index (χ0) is 21.3. The highest BCUT2D eigenvalue weighted by Gasteiger charge is 2.12. The van der Waals surface area contributed by atoms with E-state index < -0.39 is 4.92 Å². The summed E-state index contributed by atoms with van der Waals surface area (Å²) in [7, 11) is 0. The van der Waals surface area contributed by atoms with Crippen molar-refractivity contribution >= 4 is 34.6 Å². The fourth-order valence-electron chi connectivity index (χ4n) is 2.69. The van der Waals surface area contributed by atoms with Crippen LogP contribution < -0.4 is 16.0 Å². The summed E-state index contributed by atoms with van der Waals surface area (Å²) in [5.41, 5.74) is 1.79. The predicted molar refractivity (Wildman–Crippen MR) is 113 cm³/mol. The molecule has 9 nitrogen and oxygen atoms in total. The molecule has 0 saturated carbocycles. The summed E-state index contributed by atoms with van der Waals surface area (Å²) >= 11 is 0. The summed E-state index contributed by atoms with van der Waals surface area (Å²) in [6.07, 6.45) is 3.24. The first kappa shape index (κ1) is 20.5. The van der Waals surface area contributed by atoms with Crippen molar-refractivity contribution in [3.05, 3.63) is 88.7 Å². The van der Waals surface area contributed by atoms with Crippen molar-refractivity contribution in [2.75, 3.05) is 22.5 Å². The summed E-state index contributed by atoms with van der Waals surface area (Å²) < 4.78 is 0. The molecule has 3 aromatic rings. The number of rotatable bonds is 8. The number of hydrogen-bond acceptors (Lipinski definition) is 6. The zero-order valence-electron chi connectivity index (χ0n) is 15.9. The normalized spacial score (nSPS) is 10.1. The molecule has 0 aliphatic heterocycles. The molecule has 0 unspecified atom stereocenters. The number of amides is 2. The number of benzene rings is 2. The second-order valence-electron chi connectivity index (χ2n) is 6.27. The Morgan fingerprint density at radius 2 is 1.70 bits per heavy atom. The smallest absolute Gasteiger partial charge is 0.292 e. The second kappa shape index (κ2) is 9.78. The molecule has 0 saturated heterocycles. The Morgan fingerprint density at radius 3 is 2.47 bits per heavy atom. The number of anilines is 3. The largest absolute Gasteiger partial charge is 0.379 e. The van der Waals surface area contributed by atoms with Gasteiger partial charge in [0.25, 0.3) is 11.6 Å². The molecular weight excluding hydrogens is 386 g/mol. The number of pyridine rings is 1. The Hall–Kier alpha value is -4.27. The molecule has 2 amide bonds. The Labute approximate surface area is 172 Å². The molecule has 0 bridgehead atoms. The van der Waals surface area contributed by atoms with E-state index in [1.54, 1.807) is 67.0 Å². The van der Waals surface area contributed by atoms with Crippen LogP contribution in [0.5, 0.6) is 0 Å². The summed E-state index contributed by atoms with van der Waals surface area (Å²) in [6.45, 7) is 0.221. The molecule has 9 heteroatoms. The van der Waals surface area contributed by atoms with Crippen molar-refractivity contribution < 1.29 is 14.5 Å². The summed E-state index contributed by atoms with van der Waals surface area (Å²) in [5, 5.41) is 19.4. The minimum atomic E-state index is -0.481. The number of aromatic nitrogens is 1. The molecule has 1 heterocycles. The number of nitrogens with one attached hydrogen (secondary N) is 3. The van der Waals surface area contributed by atoms with Crippen LogP contribution >= 0.6 is 0 Å². The van der Waals surface area contributed by atoms with Crippen LogP contribution in [0.15, 0.2) is 73.1 Å².